The predicted molar refractivity (Wildman–Crippen MR) is 78.2 cm³/mol. The number of hydrogen-bond donors (Lipinski definition) is 1. The molecule has 1 aromatic heterocycles. The van der Waals surface area contributed by atoms with Gasteiger partial charge in [0.1, 0.15) is 17.7 Å². The molecule has 0 saturated heterocycles. The van der Waals surface area contributed by atoms with Crippen LogP contribution in [0.25, 0.3) is 11.1 Å². The van der Waals surface area contributed by atoms with E-state index >= 15 is 0 Å². The zero-order valence-electron chi connectivity index (χ0n) is 11.4. The van der Waals surface area contributed by atoms with Gasteiger partial charge in [-0.15, -0.1) is 11.3 Å². The smallest absolute Gasteiger partial charge is 0.407 e. The van der Waals surface area contributed by atoms with E-state index in [1.165, 1.54) is 28.4 Å². The van der Waals surface area contributed by atoms with Crippen molar-refractivity contribution in [3.8, 4) is 16.9 Å². The van der Waals surface area contributed by atoms with E-state index in [9.17, 15) is 14.3 Å². The second-order valence-electron chi connectivity index (χ2n) is 5.00. The molecular formula is C15H14FNO3S. The van der Waals surface area contributed by atoms with Gasteiger partial charge in [-0.05, 0) is 24.6 Å². The lowest BCUT2D eigenvalue weighted by atomic mass is 10.1. The van der Waals surface area contributed by atoms with E-state index in [0.29, 0.717) is 18.8 Å². The summed E-state index contributed by atoms with van der Waals surface area (Å²) in [5, 5.41) is 11.1. The number of amides is 1. The fraction of sp³-hybridized carbons (Fsp3) is 0.267. The van der Waals surface area contributed by atoms with Crippen LogP contribution >= 0.6 is 11.3 Å². The molecule has 1 aliphatic heterocycles. The van der Waals surface area contributed by atoms with Gasteiger partial charge in [0.05, 0.1) is 18.0 Å². The minimum absolute atomic E-state index is 0.246. The number of nitrogens with zero attached hydrogens (tertiary/aromatic N) is 1. The number of carbonyl (C=O) groups is 1. The Kier molecular flexibility index (Phi) is 3.55. The number of carboxylic acid groups (broad SMARTS) is 1. The summed E-state index contributed by atoms with van der Waals surface area (Å²) in [4.78, 5) is 13.4. The Hall–Kier alpha value is -2.08. The Labute approximate surface area is 125 Å². The summed E-state index contributed by atoms with van der Waals surface area (Å²) in [7, 11) is 0. The molecule has 110 valence electrons. The number of fused-ring (bicyclic) bond motifs is 1. The number of hydrogen-bond acceptors (Lipinski definition) is 3. The number of benzene rings is 1. The quantitative estimate of drug-likeness (QED) is 0.871. The molecule has 1 aliphatic rings. The first-order valence-corrected chi connectivity index (χ1v) is 7.43. The molecular weight excluding hydrogens is 293 g/mol. The van der Waals surface area contributed by atoms with Gasteiger partial charge in [0.15, 0.2) is 0 Å². The minimum atomic E-state index is -0.959. The summed E-state index contributed by atoms with van der Waals surface area (Å²) in [6.07, 6.45) is -1.21. The maximum atomic E-state index is 13.4. The van der Waals surface area contributed by atoms with Gasteiger partial charge >= 0.3 is 6.09 Å². The second kappa shape index (κ2) is 5.37. The Balaban J connectivity index is 2.02. The van der Waals surface area contributed by atoms with Gasteiger partial charge in [-0.25, -0.2) is 9.18 Å². The Morgan fingerprint density at radius 3 is 3.05 bits per heavy atom. The molecule has 6 heteroatoms. The van der Waals surface area contributed by atoms with E-state index in [1.54, 1.807) is 6.07 Å². The lowest BCUT2D eigenvalue weighted by Gasteiger charge is -2.18. The third kappa shape index (κ3) is 2.71. The molecule has 1 amide bonds. The summed E-state index contributed by atoms with van der Waals surface area (Å²) >= 11 is 1.44. The molecule has 0 aliphatic carbocycles. The third-order valence-corrected chi connectivity index (χ3v) is 4.31. The molecule has 0 saturated carbocycles. The molecule has 1 N–H and O–H groups in total. The van der Waals surface area contributed by atoms with Gasteiger partial charge in [0.2, 0.25) is 0 Å². The highest BCUT2D eigenvalue weighted by molar-refractivity contribution is 7.10. The zero-order valence-corrected chi connectivity index (χ0v) is 12.2. The van der Waals surface area contributed by atoms with Gasteiger partial charge in [0, 0.05) is 10.9 Å². The van der Waals surface area contributed by atoms with Crippen molar-refractivity contribution in [2.45, 2.75) is 19.6 Å². The highest BCUT2D eigenvalue weighted by Crippen LogP contribution is 2.41. The van der Waals surface area contributed by atoms with Crippen molar-refractivity contribution < 1.29 is 19.0 Å². The van der Waals surface area contributed by atoms with E-state index in [0.717, 1.165) is 16.0 Å². The molecule has 0 unspecified atom stereocenters. The van der Waals surface area contributed by atoms with Crippen molar-refractivity contribution in [3.05, 3.63) is 40.3 Å². The average molecular weight is 307 g/mol. The van der Waals surface area contributed by atoms with Crippen molar-refractivity contribution in [3.63, 3.8) is 0 Å². The van der Waals surface area contributed by atoms with E-state index < -0.39 is 6.09 Å². The normalized spacial score (nSPS) is 17.8. The zero-order chi connectivity index (χ0) is 15.0. The molecule has 1 atom stereocenters. The Morgan fingerprint density at radius 1 is 1.52 bits per heavy atom. The predicted octanol–water partition coefficient (Wildman–Crippen LogP) is 3.82. The van der Waals surface area contributed by atoms with Crippen molar-refractivity contribution in [2.24, 2.45) is 0 Å². The largest absolute Gasteiger partial charge is 0.487 e. The summed E-state index contributed by atoms with van der Waals surface area (Å²) in [6, 6.07) is 6.32. The Morgan fingerprint density at radius 2 is 2.33 bits per heavy atom. The highest BCUT2D eigenvalue weighted by atomic mass is 32.1. The van der Waals surface area contributed by atoms with Crippen molar-refractivity contribution in [1.82, 2.24) is 4.90 Å². The first kappa shape index (κ1) is 13.9. The van der Waals surface area contributed by atoms with E-state index in [1.807, 2.05) is 18.4 Å². The van der Waals surface area contributed by atoms with Crippen molar-refractivity contribution in [1.29, 1.82) is 0 Å². The van der Waals surface area contributed by atoms with Crippen LogP contribution in [0.2, 0.25) is 0 Å². The third-order valence-electron chi connectivity index (χ3n) is 3.35. The maximum absolute atomic E-state index is 13.4. The molecule has 0 fully saturated rings. The standard InChI is InChI=1S/C15H14FNO3S/c1-9-6-17(15(18)19)7-13-14(20-9)12(8-21-13)10-3-2-4-11(16)5-10/h2-5,8-9H,6-7H2,1H3,(H,18,19)/t9-/m0/s1. The van der Waals surface area contributed by atoms with Crippen LogP contribution in [0.15, 0.2) is 29.6 Å². The molecule has 1 aromatic carbocycles. The first-order chi connectivity index (χ1) is 10.0. The molecule has 0 bridgehead atoms. The molecule has 2 heterocycles. The molecule has 21 heavy (non-hydrogen) atoms. The number of halogens is 1. The van der Waals surface area contributed by atoms with Crippen LogP contribution in [-0.4, -0.2) is 28.7 Å². The van der Waals surface area contributed by atoms with Crippen LogP contribution in [0.1, 0.15) is 11.8 Å². The topological polar surface area (TPSA) is 49.8 Å². The second-order valence-corrected chi connectivity index (χ2v) is 5.97. The van der Waals surface area contributed by atoms with E-state index in [-0.39, 0.29) is 11.9 Å². The van der Waals surface area contributed by atoms with E-state index in [2.05, 4.69) is 0 Å². The van der Waals surface area contributed by atoms with Gasteiger partial charge in [0.25, 0.3) is 0 Å². The summed E-state index contributed by atoms with van der Waals surface area (Å²) < 4.78 is 19.3. The molecule has 4 nitrogen and oxygen atoms in total. The fourth-order valence-corrected chi connectivity index (χ4v) is 3.41. The monoisotopic (exact) mass is 307 g/mol. The van der Waals surface area contributed by atoms with Gasteiger partial charge in [-0.3, -0.25) is 4.90 Å². The highest BCUT2D eigenvalue weighted by Gasteiger charge is 2.27. The molecule has 2 aromatic rings. The summed E-state index contributed by atoms with van der Waals surface area (Å²) in [5.41, 5.74) is 1.55. The van der Waals surface area contributed by atoms with Gasteiger partial charge < -0.3 is 9.84 Å². The van der Waals surface area contributed by atoms with Crippen LogP contribution in [0.4, 0.5) is 9.18 Å². The molecule has 0 radical (unpaired) electrons. The first-order valence-electron chi connectivity index (χ1n) is 6.55. The van der Waals surface area contributed by atoms with Crippen LogP contribution in [-0.2, 0) is 6.54 Å². The van der Waals surface area contributed by atoms with Crippen molar-refractivity contribution in [2.75, 3.05) is 6.54 Å². The molecule has 3 rings (SSSR count). The van der Waals surface area contributed by atoms with Crippen LogP contribution in [0.3, 0.4) is 0 Å². The SMILES string of the molecule is C[C@H]1CN(C(=O)O)Cc2scc(-c3cccc(F)c3)c2O1. The minimum Gasteiger partial charge on any atom is -0.487 e. The summed E-state index contributed by atoms with van der Waals surface area (Å²) in [6.45, 7) is 2.45. The number of ether oxygens (including phenoxy) is 1. The average Bonchev–Trinajstić information content (AvgIpc) is 2.72. The van der Waals surface area contributed by atoms with Gasteiger partial charge in [-0.2, -0.15) is 0 Å². The number of rotatable bonds is 1. The Bertz CT molecular complexity index is 685. The van der Waals surface area contributed by atoms with Gasteiger partial charge in [-0.1, -0.05) is 12.1 Å². The lowest BCUT2D eigenvalue weighted by Crippen LogP contribution is -2.34. The summed E-state index contributed by atoms with van der Waals surface area (Å²) in [5.74, 6) is 0.364. The fourth-order valence-electron chi connectivity index (χ4n) is 2.41. The van der Waals surface area contributed by atoms with E-state index in [4.69, 9.17) is 4.74 Å². The molecule has 0 spiro atoms. The lowest BCUT2D eigenvalue weighted by molar-refractivity contribution is 0.121. The maximum Gasteiger partial charge on any atom is 0.407 e. The van der Waals surface area contributed by atoms with Crippen LogP contribution < -0.4 is 4.74 Å². The number of thiophene rings is 1. The van der Waals surface area contributed by atoms with Crippen molar-refractivity contribution >= 4 is 17.4 Å². The van der Waals surface area contributed by atoms with Crippen LogP contribution in [0.5, 0.6) is 5.75 Å². The van der Waals surface area contributed by atoms with Crippen LogP contribution in [0, 0.1) is 5.82 Å².